The molecule has 1 rings (SSSR count). The Labute approximate surface area is 156 Å². The minimum Gasteiger partial charge on any atom is -0.211 e. The molecule has 0 saturated carbocycles. The third-order valence-corrected chi connectivity index (χ3v) is 12.1. The van der Waals surface area contributed by atoms with Crippen LogP contribution in [0.5, 0.6) is 0 Å². The fourth-order valence-electron chi connectivity index (χ4n) is 2.24. The van der Waals surface area contributed by atoms with E-state index >= 15 is 0 Å². The zero-order valence-electron chi connectivity index (χ0n) is 13.5. The third-order valence-electron chi connectivity index (χ3n) is 3.57. The van der Waals surface area contributed by atoms with Crippen molar-refractivity contribution >= 4 is 57.5 Å². The van der Waals surface area contributed by atoms with E-state index in [-0.39, 0.29) is 41.5 Å². The van der Waals surface area contributed by atoms with Gasteiger partial charge in [0.25, 0.3) is 0 Å². The minimum absolute atomic E-state index is 0.116. The van der Waals surface area contributed by atoms with E-state index in [0.717, 1.165) is 12.8 Å². The molecular weight excluding hydrogens is 524 g/mol. The molecule has 0 spiro atoms. The highest BCUT2D eigenvalue weighted by molar-refractivity contribution is 14.3. The topological polar surface area (TPSA) is 46.2 Å². The van der Waals surface area contributed by atoms with E-state index in [2.05, 4.69) is 13.7 Å². The summed E-state index contributed by atoms with van der Waals surface area (Å²) >= 11 is -0.233. The molecule has 0 saturated heterocycles. The van der Waals surface area contributed by atoms with E-state index < -0.39 is 10.0 Å². The van der Waals surface area contributed by atoms with E-state index in [1.54, 1.807) is 0 Å². The minimum atomic E-state index is -3.20. The molecule has 0 fully saturated rings. The normalized spacial score (nSPS) is 15.0. The van der Waals surface area contributed by atoms with Crippen LogP contribution in [0.3, 0.4) is 0 Å². The van der Waals surface area contributed by atoms with E-state index in [1.807, 2.05) is 8.09 Å². The fourth-order valence-corrected chi connectivity index (χ4v) is 10.8. The molecule has 1 aliphatic rings. The summed E-state index contributed by atoms with van der Waals surface area (Å²) in [6, 6.07) is 0. The predicted octanol–water partition coefficient (Wildman–Crippen LogP) is 5.19. The van der Waals surface area contributed by atoms with E-state index in [9.17, 15) is 8.42 Å². The largest absolute Gasteiger partial charge is 0.241 e. The van der Waals surface area contributed by atoms with Crippen LogP contribution >= 0.6 is 41.5 Å². The zero-order chi connectivity index (χ0) is 16.1. The molecule has 0 aromatic heterocycles. The summed E-state index contributed by atoms with van der Waals surface area (Å²) in [5.41, 5.74) is 0. The molecular formula is C16H29I2NO2S. The number of allylic oxidation sites excluding steroid dienone is 1. The van der Waals surface area contributed by atoms with E-state index in [4.69, 9.17) is 0 Å². The first-order valence-corrected chi connectivity index (χ1v) is 14.7. The van der Waals surface area contributed by atoms with Gasteiger partial charge in [0.05, 0.1) is 4.91 Å². The van der Waals surface area contributed by atoms with Gasteiger partial charge in [0.2, 0.25) is 10.0 Å². The number of halogens is 2. The van der Waals surface area contributed by atoms with Crippen molar-refractivity contribution in [3.05, 3.63) is 8.99 Å². The molecule has 130 valence electrons. The lowest BCUT2D eigenvalue weighted by Crippen LogP contribution is -2.26. The van der Waals surface area contributed by atoms with Gasteiger partial charge in [-0.25, -0.2) is 13.1 Å². The first kappa shape index (κ1) is 20.9. The summed E-state index contributed by atoms with van der Waals surface area (Å²) in [7, 11) is -3.20. The fraction of sp³-hybridized carbons (Fsp3) is 0.750. The maximum atomic E-state index is 12.1. The summed E-state index contributed by atoms with van der Waals surface area (Å²) in [6.07, 6.45) is 12.8. The van der Waals surface area contributed by atoms with Crippen molar-refractivity contribution in [2.75, 3.05) is 6.54 Å². The quantitative estimate of drug-likeness (QED) is 0.252. The Morgan fingerprint density at radius 3 is 2.05 bits per heavy atom. The third kappa shape index (κ3) is 9.87. The van der Waals surface area contributed by atoms with Crippen LogP contribution in [-0.2, 0) is 10.0 Å². The maximum Gasteiger partial charge on any atom is 0.241 e. The molecule has 3 nitrogen and oxygen atoms in total. The molecule has 0 bridgehead atoms. The average molecular weight is 553 g/mol. The van der Waals surface area contributed by atoms with Crippen molar-refractivity contribution in [3.8, 4) is 0 Å². The van der Waals surface area contributed by atoms with E-state index in [0.29, 0.717) is 11.4 Å². The van der Waals surface area contributed by atoms with Gasteiger partial charge in [0.15, 0.2) is 0 Å². The highest BCUT2D eigenvalue weighted by Crippen LogP contribution is 2.18. The highest BCUT2D eigenvalue weighted by Gasteiger charge is 2.14. The standard InChI is InChI=1S/C16H29I2NO2S/c1-2-3-4-5-6-7-8-9-10-11-12-19-22(20,21)16-13-17-15-18-14-16/h13-15,19H,2-12H2,1H3. The van der Waals surface area contributed by atoms with Crippen LogP contribution in [0.25, 0.3) is 0 Å². The van der Waals surface area contributed by atoms with Gasteiger partial charge in [-0.2, -0.15) is 0 Å². The lowest BCUT2D eigenvalue weighted by molar-refractivity contribution is 0.550. The molecule has 0 aromatic carbocycles. The van der Waals surface area contributed by atoms with E-state index in [1.165, 1.54) is 51.4 Å². The zero-order valence-corrected chi connectivity index (χ0v) is 18.6. The summed E-state index contributed by atoms with van der Waals surface area (Å²) in [4.78, 5) is 0.558. The second kappa shape index (κ2) is 13.2. The van der Waals surface area contributed by atoms with Crippen LogP contribution in [0.2, 0.25) is 0 Å². The Morgan fingerprint density at radius 1 is 0.909 bits per heavy atom. The van der Waals surface area contributed by atoms with Crippen molar-refractivity contribution in [1.29, 1.82) is 0 Å². The molecule has 0 atom stereocenters. The number of rotatable bonds is 13. The van der Waals surface area contributed by atoms with Gasteiger partial charge in [-0.15, -0.1) is 0 Å². The smallest absolute Gasteiger partial charge is 0.211 e. The Balaban J connectivity index is 1.98. The van der Waals surface area contributed by atoms with Crippen LogP contribution in [0.15, 0.2) is 8.99 Å². The van der Waals surface area contributed by atoms with Gasteiger partial charge in [0, 0.05) is 8.56 Å². The second-order valence-corrected chi connectivity index (χ2v) is 13.6. The van der Waals surface area contributed by atoms with Crippen LogP contribution in [0, 0.1) is 0 Å². The SMILES string of the molecule is CCCCCCCCCCCCNS(=O)(=O)C1=CI=CI=C1. The van der Waals surface area contributed by atoms with Gasteiger partial charge in [-0.1, -0.05) is 106 Å². The van der Waals surface area contributed by atoms with Crippen molar-refractivity contribution in [3.63, 3.8) is 0 Å². The predicted molar refractivity (Wildman–Crippen MR) is 117 cm³/mol. The van der Waals surface area contributed by atoms with Crippen LogP contribution in [-0.4, -0.2) is 21.0 Å². The molecule has 1 heterocycles. The summed E-state index contributed by atoms with van der Waals surface area (Å²) in [5.74, 6) is 0. The highest BCUT2D eigenvalue weighted by atomic mass is 127. The van der Waals surface area contributed by atoms with Crippen molar-refractivity contribution in [2.45, 2.75) is 71.1 Å². The first-order valence-electron chi connectivity index (χ1n) is 8.25. The first-order chi connectivity index (χ1) is 10.7. The lowest BCUT2D eigenvalue weighted by atomic mass is 10.1. The number of hydrogen-bond acceptors (Lipinski definition) is 2. The maximum absolute atomic E-state index is 12.1. The Morgan fingerprint density at radius 2 is 1.50 bits per heavy atom. The van der Waals surface area contributed by atoms with Crippen molar-refractivity contribution < 1.29 is 8.42 Å². The lowest BCUT2D eigenvalue weighted by Gasteiger charge is -2.07. The second-order valence-electron chi connectivity index (χ2n) is 5.53. The molecule has 0 aromatic rings. The van der Waals surface area contributed by atoms with Crippen LogP contribution < -0.4 is 4.72 Å². The molecule has 0 unspecified atom stereocenters. The van der Waals surface area contributed by atoms with Crippen molar-refractivity contribution in [2.24, 2.45) is 0 Å². The number of hydrogen-bond donors (Lipinski definition) is 1. The monoisotopic (exact) mass is 553 g/mol. The molecule has 0 amide bonds. The molecule has 6 heteroatoms. The summed E-state index contributed by atoms with van der Waals surface area (Å²) in [6.45, 7) is 2.84. The molecule has 1 aliphatic heterocycles. The molecule has 1 N–H and O–H groups in total. The Bertz CT molecular complexity index is 484. The van der Waals surface area contributed by atoms with Crippen LogP contribution in [0.4, 0.5) is 0 Å². The summed E-state index contributed by atoms with van der Waals surface area (Å²) in [5, 5.41) is 0. The van der Waals surface area contributed by atoms with Gasteiger partial charge in [-0.05, 0) is 14.5 Å². The van der Waals surface area contributed by atoms with Crippen molar-refractivity contribution in [1.82, 2.24) is 4.72 Å². The molecule has 0 radical (unpaired) electrons. The van der Waals surface area contributed by atoms with Gasteiger partial charge < -0.3 is 0 Å². The summed E-state index contributed by atoms with van der Waals surface area (Å²) < 4.78 is 33.0. The average Bonchev–Trinajstić information content (AvgIpc) is 2.53. The number of sulfonamides is 1. The van der Waals surface area contributed by atoms with Gasteiger partial charge >= 0.3 is 0 Å². The molecule has 0 aliphatic carbocycles. The number of nitrogens with one attached hydrogen (secondary N) is 1. The van der Waals surface area contributed by atoms with Gasteiger partial charge in [-0.3, -0.25) is 0 Å². The van der Waals surface area contributed by atoms with Gasteiger partial charge in [0.1, 0.15) is 0 Å². The number of unbranched alkanes of at least 4 members (excludes halogenated alkanes) is 9. The Hall–Kier alpha value is 0.850. The Kier molecular flexibility index (Phi) is 12.5. The van der Waals surface area contributed by atoms with Crippen LogP contribution in [0.1, 0.15) is 71.1 Å². The molecule has 22 heavy (non-hydrogen) atoms.